The van der Waals surface area contributed by atoms with Crippen molar-refractivity contribution in [2.45, 2.75) is 27.2 Å². The monoisotopic (exact) mass is 313 g/mol. The number of hydrogen-bond acceptors (Lipinski definition) is 6. The van der Waals surface area contributed by atoms with Gasteiger partial charge in [0.15, 0.2) is 17.4 Å². The highest BCUT2D eigenvalue weighted by Crippen LogP contribution is 2.26. The Morgan fingerprint density at radius 2 is 2.00 bits per heavy atom. The van der Waals surface area contributed by atoms with Crippen molar-refractivity contribution in [3.63, 3.8) is 0 Å². The average molecular weight is 313 g/mol. The molecule has 0 amide bonds. The Morgan fingerprint density at radius 1 is 1.26 bits per heavy atom. The Balaban J connectivity index is 2.14. The molecule has 2 aromatic rings. The molecule has 0 bridgehead atoms. The highest BCUT2D eigenvalue weighted by molar-refractivity contribution is 5.95. The maximum atomic E-state index is 11.5. The van der Waals surface area contributed by atoms with E-state index in [9.17, 15) is 4.79 Å². The molecule has 0 saturated heterocycles. The number of aromatic nitrogens is 2. The lowest BCUT2D eigenvalue weighted by atomic mass is 10.1. The van der Waals surface area contributed by atoms with Crippen LogP contribution in [0.3, 0.4) is 0 Å². The van der Waals surface area contributed by atoms with E-state index in [1.54, 1.807) is 12.1 Å². The molecule has 6 nitrogen and oxygen atoms in total. The fraction of sp³-hybridized carbons (Fsp3) is 0.353. The molecule has 0 spiro atoms. The Labute approximate surface area is 136 Å². The van der Waals surface area contributed by atoms with Crippen LogP contribution in [0.4, 0.5) is 23.0 Å². The molecule has 23 heavy (non-hydrogen) atoms. The summed E-state index contributed by atoms with van der Waals surface area (Å²) in [6.07, 6.45) is 2.50. The predicted molar refractivity (Wildman–Crippen MR) is 94.1 cm³/mol. The van der Waals surface area contributed by atoms with Crippen LogP contribution in [-0.4, -0.2) is 22.3 Å². The second-order valence-corrected chi connectivity index (χ2v) is 5.86. The van der Waals surface area contributed by atoms with Gasteiger partial charge < -0.3 is 16.4 Å². The largest absolute Gasteiger partial charge is 0.393 e. The fourth-order valence-corrected chi connectivity index (χ4v) is 2.07. The van der Waals surface area contributed by atoms with E-state index < -0.39 is 0 Å². The van der Waals surface area contributed by atoms with Gasteiger partial charge >= 0.3 is 0 Å². The van der Waals surface area contributed by atoms with Crippen molar-refractivity contribution in [3.05, 3.63) is 36.2 Å². The highest BCUT2D eigenvalue weighted by atomic mass is 16.1. The number of Topliss-reactive ketones (excluding diaryl/α,β-unsaturated/α-hetero) is 1. The second kappa shape index (κ2) is 7.58. The van der Waals surface area contributed by atoms with Crippen LogP contribution < -0.4 is 16.4 Å². The van der Waals surface area contributed by atoms with Crippen LogP contribution in [0.2, 0.25) is 0 Å². The topological polar surface area (TPSA) is 92.9 Å². The first kappa shape index (κ1) is 16.7. The summed E-state index contributed by atoms with van der Waals surface area (Å²) in [6.45, 7) is 6.67. The van der Waals surface area contributed by atoms with E-state index in [1.807, 2.05) is 12.1 Å². The van der Waals surface area contributed by atoms with Gasteiger partial charge in [-0.1, -0.05) is 26.0 Å². The molecule has 4 N–H and O–H groups in total. The average Bonchev–Trinajstić information content (AvgIpc) is 2.51. The maximum absolute atomic E-state index is 11.5. The number of rotatable bonds is 7. The van der Waals surface area contributed by atoms with Gasteiger partial charge in [-0.05, 0) is 31.4 Å². The van der Waals surface area contributed by atoms with Gasteiger partial charge in [-0.2, -0.15) is 0 Å². The number of nitrogens with one attached hydrogen (secondary N) is 2. The molecule has 0 radical (unpaired) electrons. The summed E-state index contributed by atoms with van der Waals surface area (Å²) in [5, 5.41) is 6.37. The van der Waals surface area contributed by atoms with Gasteiger partial charge in [-0.25, -0.2) is 9.97 Å². The summed E-state index contributed by atoms with van der Waals surface area (Å²) in [5.41, 5.74) is 7.99. The number of ketones is 1. The zero-order chi connectivity index (χ0) is 16.8. The minimum Gasteiger partial charge on any atom is -0.393 e. The van der Waals surface area contributed by atoms with Crippen LogP contribution in [0, 0.1) is 5.92 Å². The maximum Gasteiger partial charge on any atom is 0.159 e. The first-order chi connectivity index (χ1) is 11.0. The third-order valence-electron chi connectivity index (χ3n) is 3.43. The van der Waals surface area contributed by atoms with Crippen LogP contribution in [0.15, 0.2) is 30.6 Å². The zero-order valence-corrected chi connectivity index (χ0v) is 13.8. The molecule has 0 aliphatic rings. The molecule has 0 aliphatic carbocycles. The molecule has 0 saturated carbocycles. The first-order valence-corrected chi connectivity index (χ1v) is 7.69. The molecule has 0 atom stereocenters. The van der Waals surface area contributed by atoms with Crippen molar-refractivity contribution >= 4 is 28.8 Å². The SMILES string of the molecule is CC(=O)c1cccc(Nc2ncnc(NCCC(C)C)c2N)c1. The van der Waals surface area contributed by atoms with Crippen molar-refractivity contribution < 1.29 is 4.79 Å². The first-order valence-electron chi connectivity index (χ1n) is 7.69. The van der Waals surface area contributed by atoms with E-state index in [1.165, 1.54) is 13.3 Å². The van der Waals surface area contributed by atoms with Crippen LogP contribution in [0.5, 0.6) is 0 Å². The molecular formula is C17H23N5O. The van der Waals surface area contributed by atoms with Crippen LogP contribution in [-0.2, 0) is 0 Å². The molecule has 0 unspecified atom stereocenters. The number of nitrogens with zero attached hydrogens (tertiary/aromatic N) is 2. The summed E-state index contributed by atoms with van der Waals surface area (Å²) in [7, 11) is 0. The molecular weight excluding hydrogens is 290 g/mol. The highest BCUT2D eigenvalue weighted by Gasteiger charge is 2.09. The van der Waals surface area contributed by atoms with E-state index in [0.29, 0.717) is 28.8 Å². The van der Waals surface area contributed by atoms with Crippen molar-refractivity contribution in [2.24, 2.45) is 5.92 Å². The van der Waals surface area contributed by atoms with E-state index in [2.05, 4.69) is 34.4 Å². The molecule has 0 aliphatic heterocycles. The van der Waals surface area contributed by atoms with Gasteiger partial charge in [-0.15, -0.1) is 0 Å². The predicted octanol–water partition coefficient (Wildman–Crippen LogP) is 3.46. The summed E-state index contributed by atoms with van der Waals surface area (Å²) in [4.78, 5) is 19.8. The van der Waals surface area contributed by atoms with Crippen LogP contribution in [0.1, 0.15) is 37.6 Å². The molecule has 2 rings (SSSR count). The lowest BCUT2D eigenvalue weighted by Crippen LogP contribution is -2.10. The molecule has 6 heteroatoms. The standard InChI is InChI=1S/C17H23N5O/c1-11(2)7-8-19-16-15(18)17(21-10-20-16)22-14-6-4-5-13(9-14)12(3)23/h4-6,9-11H,7-8,18H2,1-3H3,(H2,19,20,21,22). The number of carbonyl (C=O) groups is 1. The molecule has 1 heterocycles. The van der Waals surface area contributed by atoms with E-state index in [4.69, 9.17) is 5.73 Å². The van der Waals surface area contributed by atoms with Crippen molar-refractivity contribution in [1.82, 2.24) is 9.97 Å². The smallest absolute Gasteiger partial charge is 0.159 e. The fourth-order valence-electron chi connectivity index (χ4n) is 2.07. The zero-order valence-electron chi connectivity index (χ0n) is 13.8. The Kier molecular flexibility index (Phi) is 5.51. The Hall–Kier alpha value is -2.63. The molecule has 122 valence electrons. The minimum absolute atomic E-state index is 0.0142. The van der Waals surface area contributed by atoms with Crippen LogP contribution >= 0.6 is 0 Å². The summed E-state index contributed by atoms with van der Waals surface area (Å²) in [6, 6.07) is 7.23. The number of anilines is 4. The van der Waals surface area contributed by atoms with Gasteiger partial charge in [0.2, 0.25) is 0 Å². The molecule has 0 fully saturated rings. The lowest BCUT2D eigenvalue weighted by molar-refractivity contribution is 0.101. The van der Waals surface area contributed by atoms with Crippen molar-refractivity contribution in [3.8, 4) is 0 Å². The van der Waals surface area contributed by atoms with Crippen molar-refractivity contribution in [2.75, 3.05) is 22.9 Å². The van der Waals surface area contributed by atoms with Crippen molar-refractivity contribution in [1.29, 1.82) is 0 Å². The normalized spacial score (nSPS) is 10.6. The van der Waals surface area contributed by atoms with Crippen LogP contribution in [0.25, 0.3) is 0 Å². The Morgan fingerprint density at radius 3 is 2.70 bits per heavy atom. The van der Waals surface area contributed by atoms with Gasteiger partial charge in [0, 0.05) is 17.8 Å². The van der Waals surface area contributed by atoms with E-state index in [-0.39, 0.29) is 5.78 Å². The van der Waals surface area contributed by atoms with E-state index >= 15 is 0 Å². The lowest BCUT2D eigenvalue weighted by Gasteiger charge is -2.13. The number of hydrogen-bond donors (Lipinski definition) is 3. The summed E-state index contributed by atoms with van der Waals surface area (Å²) >= 11 is 0. The molecule has 1 aromatic heterocycles. The Bertz CT molecular complexity index is 684. The number of nitrogens with two attached hydrogens (primary N) is 1. The number of nitrogen functional groups attached to an aromatic ring is 1. The number of benzene rings is 1. The van der Waals surface area contributed by atoms with Gasteiger partial charge in [0.25, 0.3) is 0 Å². The van der Waals surface area contributed by atoms with E-state index in [0.717, 1.165) is 18.7 Å². The second-order valence-electron chi connectivity index (χ2n) is 5.86. The molecule has 1 aromatic carbocycles. The summed E-state index contributed by atoms with van der Waals surface area (Å²) < 4.78 is 0. The quantitative estimate of drug-likeness (QED) is 0.678. The minimum atomic E-state index is 0.0142. The van der Waals surface area contributed by atoms with Gasteiger partial charge in [0.1, 0.15) is 12.0 Å². The number of carbonyl (C=O) groups excluding carboxylic acids is 1. The third-order valence-corrected chi connectivity index (χ3v) is 3.43. The van der Waals surface area contributed by atoms with Gasteiger partial charge in [-0.3, -0.25) is 4.79 Å². The third kappa shape index (κ3) is 4.67. The summed E-state index contributed by atoms with van der Waals surface area (Å²) in [5.74, 6) is 1.76. The van der Waals surface area contributed by atoms with Gasteiger partial charge in [0.05, 0.1) is 0 Å².